The van der Waals surface area contributed by atoms with Crippen molar-refractivity contribution in [2.75, 3.05) is 13.1 Å². The molecule has 0 bridgehead atoms. The second kappa shape index (κ2) is 5.27. The summed E-state index contributed by atoms with van der Waals surface area (Å²) in [7, 11) is 0. The van der Waals surface area contributed by atoms with Crippen LogP contribution in [0, 0.1) is 0 Å². The van der Waals surface area contributed by atoms with E-state index in [1.807, 2.05) is 18.3 Å². The zero-order valence-electron chi connectivity index (χ0n) is 7.63. The molecule has 0 aliphatic heterocycles. The van der Waals surface area contributed by atoms with Gasteiger partial charge in [-0.15, -0.1) is 18.3 Å². The van der Waals surface area contributed by atoms with Gasteiger partial charge in [0.1, 0.15) is 0 Å². The van der Waals surface area contributed by atoms with Gasteiger partial charge in [-0.1, -0.05) is 17.4 Å². The molecule has 0 fully saturated rings. The first-order chi connectivity index (χ1) is 6.36. The smallest absolute Gasteiger partial charge is 0.0951 e. The molecule has 4 heteroatoms. The summed E-state index contributed by atoms with van der Waals surface area (Å²) >= 11 is 0. The lowest BCUT2D eigenvalue weighted by molar-refractivity contribution is 0.250. The minimum Gasteiger partial charge on any atom is -0.277 e. The third-order valence-corrected chi connectivity index (χ3v) is 1.59. The van der Waals surface area contributed by atoms with Crippen LogP contribution in [-0.4, -0.2) is 33.0 Å². The Hall–Kier alpha value is -1.42. The lowest BCUT2D eigenvalue weighted by atomic mass is 10.5. The molecule has 0 aromatic carbocycles. The number of aromatic nitrogens is 3. The molecular weight excluding hydrogens is 164 g/mol. The average Bonchev–Trinajstić information content (AvgIpc) is 2.58. The van der Waals surface area contributed by atoms with Crippen LogP contribution >= 0.6 is 0 Å². The molecule has 1 aromatic heterocycles. The van der Waals surface area contributed by atoms with E-state index in [9.17, 15) is 0 Å². The zero-order chi connectivity index (χ0) is 9.52. The van der Waals surface area contributed by atoms with Gasteiger partial charge in [0, 0.05) is 19.3 Å². The summed E-state index contributed by atoms with van der Waals surface area (Å²) in [5.41, 5.74) is 0. The van der Waals surface area contributed by atoms with Crippen LogP contribution in [0.4, 0.5) is 0 Å². The Bertz CT molecular complexity index is 243. The van der Waals surface area contributed by atoms with Crippen molar-refractivity contribution in [3.63, 3.8) is 0 Å². The van der Waals surface area contributed by atoms with Gasteiger partial charge >= 0.3 is 0 Å². The molecular formula is C9H14N4. The van der Waals surface area contributed by atoms with Gasteiger partial charge in [0.25, 0.3) is 0 Å². The number of nitrogens with zero attached hydrogens (tertiary/aromatic N) is 4. The van der Waals surface area contributed by atoms with E-state index in [-0.39, 0.29) is 0 Å². The second-order valence-electron chi connectivity index (χ2n) is 2.70. The summed E-state index contributed by atoms with van der Waals surface area (Å²) in [6.45, 7) is 9.75. The maximum Gasteiger partial charge on any atom is 0.0951 e. The van der Waals surface area contributed by atoms with E-state index < -0.39 is 0 Å². The second-order valence-corrected chi connectivity index (χ2v) is 2.70. The lowest BCUT2D eigenvalue weighted by Gasteiger charge is -2.17. The summed E-state index contributed by atoms with van der Waals surface area (Å²) < 4.78 is 1.77. The predicted octanol–water partition coefficient (Wildman–Crippen LogP) is 0.910. The molecule has 0 spiro atoms. The topological polar surface area (TPSA) is 34.0 Å². The van der Waals surface area contributed by atoms with E-state index in [1.165, 1.54) is 0 Å². The van der Waals surface area contributed by atoms with Gasteiger partial charge in [0.15, 0.2) is 0 Å². The Balaban J connectivity index is 2.46. The molecule has 0 unspecified atom stereocenters. The highest BCUT2D eigenvalue weighted by Gasteiger charge is 2.00. The number of hydrogen-bond acceptors (Lipinski definition) is 3. The van der Waals surface area contributed by atoms with Gasteiger partial charge in [0.2, 0.25) is 0 Å². The molecule has 0 saturated carbocycles. The van der Waals surface area contributed by atoms with E-state index in [1.54, 1.807) is 10.9 Å². The fourth-order valence-electron chi connectivity index (χ4n) is 1.07. The Morgan fingerprint density at radius 3 is 2.46 bits per heavy atom. The van der Waals surface area contributed by atoms with Crippen molar-refractivity contribution in [2.45, 2.75) is 6.67 Å². The van der Waals surface area contributed by atoms with Crippen molar-refractivity contribution in [2.24, 2.45) is 0 Å². The maximum atomic E-state index is 3.88. The molecule has 0 amide bonds. The Labute approximate surface area is 78.2 Å². The summed E-state index contributed by atoms with van der Waals surface area (Å²) in [4.78, 5) is 2.15. The Kier molecular flexibility index (Phi) is 3.92. The monoisotopic (exact) mass is 178 g/mol. The Morgan fingerprint density at radius 1 is 1.31 bits per heavy atom. The SMILES string of the molecule is C=CCN(CC=C)Cn1ccnn1. The fourth-order valence-corrected chi connectivity index (χ4v) is 1.07. The predicted molar refractivity (Wildman–Crippen MR) is 52.0 cm³/mol. The highest BCUT2D eigenvalue weighted by atomic mass is 15.5. The summed E-state index contributed by atoms with van der Waals surface area (Å²) in [6, 6.07) is 0. The minimum absolute atomic E-state index is 0.720. The molecule has 0 atom stereocenters. The summed E-state index contributed by atoms with van der Waals surface area (Å²) in [5.74, 6) is 0. The van der Waals surface area contributed by atoms with Crippen molar-refractivity contribution in [1.29, 1.82) is 0 Å². The molecule has 1 aromatic rings. The van der Waals surface area contributed by atoms with Crippen LogP contribution in [-0.2, 0) is 6.67 Å². The van der Waals surface area contributed by atoms with Gasteiger partial charge in [0.05, 0.1) is 12.9 Å². The highest BCUT2D eigenvalue weighted by molar-refractivity contribution is 4.78. The van der Waals surface area contributed by atoms with E-state index in [0.717, 1.165) is 19.8 Å². The van der Waals surface area contributed by atoms with Crippen molar-refractivity contribution in [3.05, 3.63) is 37.7 Å². The first-order valence-corrected chi connectivity index (χ1v) is 4.15. The van der Waals surface area contributed by atoms with Gasteiger partial charge in [-0.3, -0.25) is 4.90 Å². The quantitative estimate of drug-likeness (QED) is 0.607. The summed E-state index contributed by atoms with van der Waals surface area (Å²) in [5, 5.41) is 7.61. The van der Waals surface area contributed by atoms with Gasteiger partial charge in [-0.2, -0.15) is 0 Å². The van der Waals surface area contributed by atoms with E-state index in [0.29, 0.717) is 0 Å². The largest absolute Gasteiger partial charge is 0.277 e. The summed E-state index contributed by atoms with van der Waals surface area (Å²) in [6.07, 6.45) is 7.22. The van der Waals surface area contributed by atoms with Crippen LogP contribution in [0.25, 0.3) is 0 Å². The van der Waals surface area contributed by atoms with Crippen molar-refractivity contribution in [3.8, 4) is 0 Å². The van der Waals surface area contributed by atoms with Crippen molar-refractivity contribution in [1.82, 2.24) is 19.9 Å². The third-order valence-electron chi connectivity index (χ3n) is 1.59. The molecule has 1 rings (SSSR count). The third kappa shape index (κ3) is 3.21. The molecule has 0 saturated heterocycles. The highest BCUT2D eigenvalue weighted by Crippen LogP contribution is 1.92. The van der Waals surface area contributed by atoms with E-state index >= 15 is 0 Å². The molecule has 0 aliphatic carbocycles. The van der Waals surface area contributed by atoms with Gasteiger partial charge in [-0.05, 0) is 0 Å². The normalized spacial score (nSPS) is 10.2. The first kappa shape index (κ1) is 9.67. The van der Waals surface area contributed by atoms with Crippen molar-refractivity contribution >= 4 is 0 Å². The molecule has 0 radical (unpaired) electrons. The average molecular weight is 178 g/mol. The minimum atomic E-state index is 0.720. The molecule has 0 aliphatic rings. The lowest BCUT2D eigenvalue weighted by Crippen LogP contribution is -2.27. The van der Waals surface area contributed by atoms with Crippen LogP contribution in [0.2, 0.25) is 0 Å². The molecule has 13 heavy (non-hydrogen) atoms. The van der Waals surface area contributed by atoms with E-state index in [2.05, 4.69) is 28.4 Å². The molecule has 0 N–H and O–H groups in total. The van der Waals surface area contributed by atoms with Gasteiger partial charge < -0.3 is 0 Å². The Morgan fingerprint density at radius 2 is 2.00 bits per heavy atom. The molecule has 4 nitrogen and oxygen atoms in total. The van der Waals surface area contributed by atoms with Gasteiger partial charge in [-0.25, -0.2) is 4.68 Å². The van der Waals surface area contributed by atoms with E-state index in [4.69, 9.17) is 0 Å². The van der Waals surface area contributed by atoms with Crippen LogP contribution < -0.4 is 0 Å². The number of rotatable bonds is 6. The maximum absolute atomic E-state index is 3.88. The van der Waals surface area contributed by atoms with Crippen LogP contribution in [0.15, 0.2) is 37.7 Å². The van der Waals surface area contributed by atoms with Crippen molar-refractivity contribution < 1.29 is 0 Å². The van der Waals surface area contributed by atoms with Crippen LogP contribution in [0.3, 0.4) is 0 Å². The zero-order valence-corrected chi connectivity index (χ0v) is 7.63. The van der Waals surface area contributed by atoms with Crippen LogP contribution in [0.5, 0.6) is 0 Å². The number of hydrogen-bond donors (Lipinski definition) is 0. The first-order valence-electron chi connectivity index (χ1n) is 4.15. The van der Waals surface area contributed by atoms with Crippen LogP contribution in [0.1, 0.15) is 0 Å². The molecule has 70 valence electrons. The fraction of sp³-hybridized carbons (Fsp3) is 0.333. The standard InChI is InChI=1S/C9H14N4/c1-3-6-12(7-4-2)9-13-8-5-10-11-13/h3-5,8H,1-2,6-7,9H2. The molecule has 1 heterocycles.